The summed E-state index contributed by atoms with van der Waals surface area (Å²) >= 11 is 0. The molecule has 214 valence electrons. The molecule has 9 nitrogen and oxygen atoms in total. The number of likely N-dealkylation sites (N-methyl/N-ethyl adjacent to an activating group) is 1. The fourth-order valence-electron chi connectivity index (χ4n) is 6.17. The van der Waals surface area contributed by atoms with Crippen molar-refractivity contribution in [3.8, 4) is 0 Å². The number of nitrogens with one attached hydrogen (secondary N) is 2. The zero-order chi connectivity index (χ0) is 27.4. The van der Waals surface area contributed by atoms with Gasteiger partial charge in [-0.3, -0.25) is 24.6 Å². The van der Waals surface area contributed by atoms with E-state index in [-0.39, 0.29) is 18.2 Å². The minimum Gasteiger partial charge on any atom is -0.373 e. The molecule has 9 atom stereocenters. The Morgan fingerprint density at radius 3 is 2.71 bits per heavy atom. The number of halogens is 2. The Hall–Kier alpha value is -1.95. The van der Waals surface area contributed by atoms with Crippen molar-refractivity contribution < 1.29 is 13.6 Å². The zero-order valence-corrected chi connectivity index (χ0v) is 23.3. The van der Waals surface area contributed by atoms with Crippen molar-refractivity contribution in [2.24, 2.45) is 27.6 Å². The van der Waals surface area contributed by atoms with Crippen LogP contribution in [-0.2, 0) is 4.79 Å². The maximum Gasteiger partial charge on any atom is 0.229 e. The van der Waals surface area contributed by atoms with Crippen LogP contribution in [0, 0.1) is 11.8 Å². The second-order valence-corrected chi connectivity index (χ2v) is 11.5. The fraction of sp³-hybridized carbons (Fsp3) is 0.815. The molecule has 9 unspecified atom stereocenters. The van der Waals surface area contributed by atoms with E-state index in [0.717, 1.165) is 51.4 Å². The SMILES string of the molecule is CCC(C)/C1=C/CC(F)C=NC(C)C(C(=O)NC2CN=CC(F)C2N2CCN3CCN(C)CC3C2)C(N)N1. The highest BCUT2D eigenvalue weighted by Crippen LogP contribution is 2.24. The molecule has 1 amide bonds. The van der Waals surface area contributed by atoms with E-state index in [9.17, 15) is 9.18 Å². The number of nitrogens with zero attached hydrogens (tertiary/aromatic N) is 5. The van der Waals surface area contributed by atoms with Gasteiger partial charge >= 0.3 is 0 Å². The lowest BCUT2D eigenvalue weighted by atomic mass is 9.92. The molecule has 0 bridgehead atoms. The van der Waals surface area contributed by atoms with Crippen LogP contribution in [0.25, 0.3) is 0 Å². The number of amides is 1. The van der Waals surface area contributed by atoms with E-state index < -0.39 is 42.6 Å². The van der Waals surface area contributed by atoms with Gasteiger partial charge in [-0.25, -0.2) is 8.78 Å². The molecule has 4 N–H and O–H groups in total. The van der Waals surface area contributed by atoms with Gasteiger partial charge in [0.05, 0.1) is 36.8 Å². The molecule has 4 aliphatic rings. The maximum atomic E-state index is 15.4. The highest BCUT2D eigenvalue weighted by Gasteiger charge is 2.43. The molecule has 0 radical (unpaired) electrons. The van der Waals surface area contributed by atoms with E-state index in [2.05, 4.69) is 49.3 Å². The van der Waals surface area contributed by atoms with E-state index in [4.69, 9.17) is 5.73 Å². The highest BCUT2D eigenvalue weighted by molar-refractivity contribution is 5.81. The molecule has 0 spiro atoms. The summed E-state index contributed by atoms with van der Waals surface area (Å²) < 4.78 is 29.9. The molecule has 2 saturated heterocycles. The highest BCUT2D eigenvalue weighted by atomic mass is 19.1. The number of aliphatic imine (C=N–C) groups is 2. The summed E-state index contributed by atoms with van der Waals surface area (Å²) in [6.07, 6.45) is 2.28. The monoisotopic (exact) mass is 536 g/mol. The fourth-order valence-corrected chi connectivity index (χ4v) is 6.17. The van der Waals surface area contributed by atoms with Crippen molar-refractivity contribution in [3.05, 3.63) is 11.8 Å². The quantitative estimate of drug-likeness (QED) is 0.481. The van der Waals surface area contributed by atoms with Crippen molar-refractivity contribution in [2.75, 3.05) is 52.9 Å². The van der Waals surface area contributed by atoms with Crippen LogP contribution in [0.2, 0.25) is 0 Å². The standard InChI is InChI=1S/C27H46F2N8O/c1-5-17(2)22-7-6-19(28)12-32-18(3)24(26(30)33-22)27(38)34-23-14-31-13-21(29)25(23)37-11-10-36-9-8-35(4)15-20(36)16-37/h7,12-13,17-21,23-26,33H,5-6,8-11,14-16,30H2,1-4H3,(H,34,38)/b22-7-,32-12?. The summed E-state index contributed by atoms with van der Waals surface area (Å²) in [5.41, 5.74) is 7.40. The first-order valence-electron chi connectivity index (χ1n) is 14.2. The Labute approximate surface area is 226 Å². The Morgan fingerprint density at radius 1 is 1.21 bits per heavy atom. The van der Waals surface area contributed by atoms with E-state index in [0.29, 0.717) is 12.6 Å². The first-order chi connectivity index (χ1) is 18.2. The normalized spacial score (nSPS) is 39.9. The number of fused-ring (bicyclic) bond motifs is 1. The minimum atomic E-state index is -1.28. The number of hydrogen-bond donors (Lipinski definition) is 3. The average Bonchev–Trinajstić information content (AvgIpc) is 2.88. The van der Waals surface area contributed by atoms with E-state index in [1.807, 2.05) is 13.0 Å². The van der Waals surface area contributed by atoms with Crippen LogP contribution in [0.15, 0.2) is 21.8 Å². The molecule has 0 aromatic heterocycles. The predicted molar refractivity (Wildman–Crippen MR) is 148 cm³/mol. The molecule has 0 aromatic rings. The van der Waals surface area contributed by atoms with Gasteiger partial charge in [-0.05, 0) is 26.3 Å². The van der Waals surface area contributed by atoms with Gasteiger partial charge < -0.3 is 21.3 Å². The van der Waals surface area contributed by atoms with Gasteiger partial charge in [0.15, 0.2) is 6.17 Å². The summed E-state index contributed by atoms with van der Waals surface area (Å²) in [6.45, 7) is 11.6. The maximum absolute atomic E-state index is 15.4. The Balaban J connectivity index is 1.51. The number of alkyl halides is 2. The van der Waals surface area contributed by atoms with Crippen LogP contribution >= 0.6 is 0 Å². The van der Waals surface area contributed by atoms with Gasteiger partial charge in [-0.1, -0.05) is 19.9 Å². The third-order valence-corrected chi connectivity index (χ3v) is 8.70. The van der Waals surface area contributed by atoms with Crippen molar-refractivity contribution in [3.63, 3.8) is 0 Å². The Kier molecular flexibility index (Phi) is 9.89. The smallest absolute Gasteiger partial charge is 0.229 e. The Bertz CT molecular complexity index is 900. The molecule has 0 saturated carbocycles. The lowest BCUT2D eigenvalue weighted by Gasteiger charge is -2.50. The molecular formula is C27H46F2N8O. The van der Waals surface area contributed by atoms with Crippen LogP contribution in [0.3, 0.4) is 0 Å². The molecule has 0 aliphatic carbocycles. The molecule has 38 heavy (non-hydrogen) atoms. The number of rotatable bonds is 5. The van der Waals surface area contributed by atoms with Crippen molar-refractivity contribution in [2.45, 2.75) is 76.3 Å². The van der Waals surface area contributed by atoms with E-state index in [1.165, 1.54) is 12.4 Å². The second kappa shape index (κ2) is 12.9. The summed E-state index contributed by atoms with van der Waals surface area (Å²) in [4.78, 5) is 29.3. The first kappa shape index (κ1) is 29.0. The average molecular weight is 537 g/mol. The molecular weight excluding hydrogens is 490 g/mol. The first-order valence-corrected chi connectivity index (χ1v) is 14.2. The van der Waals surface area contributed by atoms with Crippen LogP contribution in [0.1, 0.15) is 33.6 Å². The topological polar surface area (TPSA) is 102 Å². The number of hydrogen-bond acceptors (Lipinski definition) is 8. The largest absolute Gasteiger partial charge is 0.373 e. The lowest BCUT2D eigenvalue weighted by molar-refractivity contribution is -0.128. The Morgan fingerprint density at radius 2 is 1.95 bits per heavy atom. The third kappa shape index (κ3) is 6.78. The minimum absolute atomic E-state index is 0.144. The number of nitrogens with two attached hydrogens (primary N) is 1. The van der Waals surface area contributed by atoms with E-state index >= 15 is 4.39 Å². The molecule has 2 fully saturated rings. The third-order valence-electron chi connectivity index (χ3n) is 8.70. The number of allylic oxidation sites excluding steroid dienone is 2. The van der Waals surface area contributed by atoms with Gasteiger partial charge in [0.1, 0.15) is 6.17 Å². The number of piperazine rings is 2. The number of carbonyl (C=O) groups is 1. The summed E-state index contributed by atoms with van der Waals surface area (Å²) in [7, 11) is 2.12. The van der Waals surface area contributed by atoms with Gasteiger partial charge in [0, 0.05) is 69.9 Å². The second-order valence-electron chi connectivity index (χ2n) is 11.5. The van der Waals surface area contributed by atoms with Crippen LogP contribution in [0.5, 0.6) is 0 Å². The van der Waals surface area contributed by atoms with Gasteiger partial charge in [0.25, 0.3) is 0 Å². The molecule has 0 aromatic carbocycles. The zero-order valence-electron chi connectivity index (χ0n) is 23.3. The summed E-state index contributed by atoms with van der Waals surface area (Å²) in [6, 6.07) is -1.21. The molecule has 11 heteroatoms. The number of carbonyl (C=O) groups excluding carboxylic acids is 1. The summed E-state index contributed by atoms with van der Waals surface area (Å²) in [5, 5.41) is 6.38. The van der Waals surface area contributed by atoms with Gasteiger partial charge in [-0.2, -0.15) is 0 Å². The molecule has 4 aliphatic heterocycles. The van der Waals surface area contributed by atoms with Crippen molar-refractivity contribution in [1.29, 1.82) is 0 Å². The summed E-state index contributed by atoms with van der Waals surface area (Å²) in [5.74, 6) is -0.938. The van der Waals surface area contributed by atoms with Gasteiger partial charge in [0.2, 0.25) is 5.91 Å². The van der Waals surface area contributed by atoms with Crippen LogP contribution in [0.4, 0.5) is 8.78 Å². The van der Waals surface area contributed by atoms with Crippen LogP contribution < -0.4 is 16.4 Å². The van der Waals surface area contributed by atoms with Crippen molar-refractivity contribution >= 4 is 18.3 Å². The van der Waals surface area contributed by atoms with Gasteiger partial charge in [-0.15, -0.1) is 0 Å². The molecule has 4 rings (SSSR count). The van der Waals surface area contributed by atoms with Crippen molar-refractivity contribution in [1.82, 2.24) is 25.3 Å². The molecule has 4 heterocycles. The predicted octanol–water partition coefficient (Wildman–Crippen LogP) is 0.816. The van der Waals surface area contributed by atoms with E-state index in [1.54, 1.807) is 6.92 Å². The lowest BCUT2D eigenvalue weighted by Crippen LogP contribution is -2.68. The van der Waals surface area contributed by atoms with Crippen LogP contribution in [-0.4, -0.2) is 129 Å².